The summed E-state index contributed by atoms with van der Waals surface area (Å²) in [5.41, 5.74) is 4.72. The average molecular weight is 510 g/mol. The first-order valence-electron chi connectivity index (χ1n) is 11.9. The van der Waals surface area contributed by atoms with E-state index in [0.717, 1.165) is 40.6 Å². The fraction of sp³-hybridized carbons (Fsp3) is 0.286. The molecule has 4 aromatic rings. The molecule has 0 spiro atoms. The van der Waals surface area contributed by atoms with Crippen LogP contribution < -0.4 is 5.32 Å². The fourth-order valence-corrected chi connectivity index (χ4v) is 5.66. The Balaban J connectivity index is 1.42. The van der Waals surface area contributed by atoms with Crippen molar-refractivity contribution in [2.45, 2.75) is 51.0 Å². The first-order valence-corrected chi connectivity index (χ1v) is 12.7. The second-order valence-electron chi connectivity index (χ2n) is 9.23. The van der Waals surface area contributed by atoms with Crippen LogP contribution >= 0.6 is 23.2 Å². The molecule has 5 rings (SSSR count). The first kappa shape index (κ1) is 23.8. The van der Waals surface area contributed by atoms with Gasteiger partial charge >= 0.3 is 0 Å². The van der Waals surface area contributed by atoms with Crippen LogP contribution in [0.4, 0.5) is 4.39 Å². The standard InChI is InChI=1S/C28H26Cl2FN3O/c1-16(25-23(29)11-12-24(31)26(25)30)22-15-33-27-21(22)13-19(14-32-27)17-7-9-18(10-8-17)28(35)34-20-5-3-2-4-6-20/h7-16,20H,2-6H2,1H3,(H,32,33)(H,34,35). The maximum absolute atomic E-state index is 14.1. The highest BCUT2D eigenvalue weighted by atomic mass is 35.5. The number of fused-ring (bicyclic) bond motifs is 1. The Labute approximate surface area is 213 Å². The number of H-pyrrole nitrogens is 1. The minimum atomic E-state index is -0.496. The molecule has 1 atom stereocenters. The predicted molar refractivity (Wildman–Crippen MR) is 140 cm³/mol. The van der Waals surface area contributed by atoms with Crippen LogP contribution in [0.15, 0.2) is 54.9 Å². The third-order valence-electron chi connectivity index (χ3n) is 6.96. The number of carbonyl (C=O) groups is 1. The zero-order valence-electron chi connectivity index (χ0n) is 19.4. The molecule has 0 bridgehead atoms. The van der Waals surface area contributed by atoms with Crippen molar-refractivity contribution in [3.63, 3.8) is 0 Å². The number of amides is 1. The molecule has 2 aromatic heterocycles. The number of halogens is 3. The molecule has 1 saturated carbocycles. The second kappa shape index (κ2) is 10.00. The zero-order valence-corrected chi connectivity index (χ0v) is 20.9. The van der Waals surface area contributed by atoms with E-state index < -0.39 is 5.82 Å². The summed E-state index contributed by atoms with van der Waals surface area (Å²) in [7, 11) is 0. The molecule has 1 aliphatic carbocycles. The predicted octanol–water partition coefficient (Wildman–Crippen LogP) is 7.89. The summed E-state index contributed by atoms with van der Waals surface area (Å²) in [6.07, 6.45) is 9.38. The largest absolute Gasteiger partial charge is 0.349 e. The van der Waals surface area contributed by atoms with Gasteiger partial charge in [0.15, 0.2) is 0 Å². The first-order chi connectivity index (χ1) is 16.9. The van der Waals surface area contributed by atoms with Crippen LogP contribution in [0.25, 0.3) is 22.2 Å². The number of aromatic amines is 1. The lowest BCUT2D eigenvalue weighted by molar-refractivity contribution is 0.0927. The van der Waals surface area contributed by atoms with Gasteiger partial charge in [-0.1, -0.05) is 61.5 Å². The van der Waals surface area contributed by atoms with E-state index in [1.54, 1.807) is 6.20 Å². The van der Waals surface area contributed by atoms with Crippen molar-refractivity contribution in [3.8, 4) is 11.1 Å². The van der Waals surface area contributed by atoms with E-state index >= 15 is 0 Å². The molecule has 4 nitrogen and oxygen atoms in total. The molecular weight excluding hydrogens is 484 g/mol. The third-order valence-corrected chi connectivity index (χ3v) is 7.68. The number of aromatic nitrogens is 2. The van der Waals surface area contributed by atoms with Gasteiger partial charge < -0.3 is 10.3 Å². The van der Waals surface area contributed by atoms with Crippen LogP contribution in [0.5, 0.6) is 0 Å². The van der Waals surface area contributed by atoms with Crippen molar-refractivity contribution in [2.75, 3.05) is 0 Å². The van der Waals surface area contributed by atoms with E-state index in [1.165, 1.54) is 31.4 Å². The van der Waals surface area contributed by atoms with E-state index in [9.17, 15) is 9.18 Å². The minimum Gasteiger partial charge on any atom is -0.349 e. The lowest BCUT2D eigenvalue weighted by atomic mass is 9.92. The maximum atomic E-state index is 14.1. The fourth-order valence-electron chi connectivity index (χ4n) is 4.96. The Morgan fingerprint density at radius 2 is 1.83 bits per heavy atom. The summed E-state index contributed by atoms with van der Waals surface area (Å²) in [6.45, 7) is 1.95. The summed E-state index contributed by atoms with van der Waals surface area (Å²) in [6, 6.07) is 12.7. The second-order valence-corrected chi connectivity index (χ2v) is 10.0. The Morgan fingerprint density at radius 1 is 1.09 bits per heavy atom. The molecule has 7 heteroatoms. The Kier molecular flexibility index (Phi) is 6.81. The van der Waals surface area contributed by atoms with Gasteiger partial charge in [-0.2, -0.15) is 0 Å². The molecule has 0 radical (unpaired) electrons. The average Bonchev–Trinajstić information content (AvgIpc) is 3.30. The normalized spacial score (nSPS) is 15.3. The molecule has 35 heavy (non-hydrogen) atoms. The van der Waals surface area contributed by atoms with E-state index in [2.05, 4.69) is 15.3 Å². The van der Waals surface area contributed by atoms with Crippen LogP contribution in [-0.2, 0) is 0 Å². The minimum absolute atomic E-state index is 0.0253. The van der Waals surface area contributed by atoms with Gasteiger partial charge in [0.1, 0.15) is 11.5 Å². The van der Waals surface area contributed by atoms with Crippen molar-refractivity contribution in [1.82, 2.24) is 15.3 Å². The number of pyridine rings is 1. The number of benzene rings is 2. The van der Waals surface area contributed by atoms with Crippen LogP contribution in [-0.4, -0.2) is 21.9 Å². The molecule has 180 valence electrons. The summed E-state index contributed by atoms with van der Waals surface area (Å²) >= 11 is 12.7. The highest BCUT2D eigenvalue weighted by Crippen LogP contribution is 2.39. The van der Waals surface area contributed by atoms with Gasteiger partial charge in [0, 0.05) is 45.9 Å². The molecule has 1 amide bonds. The molecule has 0 aliphatic heterocycles. The highest BCUT2D eigenvalue weighted by molar-refractivity contribution is 6.36. The summed E-state index contributed by atoms with van der Waals surface area (Å²) < 4.78 is 14.1. The number of nitrogens with one attached hydrogen (secondary N) is 2. The lowest BCUT2D eigenvalue weighted by Crippen LogP contribution is -2.36. The lowest BCUT2D eigenvalue weighted by Gasteiger charge is -2.22. The van der Waals surface area contributed by atoms with Crippen molar-refractivity contribution >= 4 is 40.1 Å². The van der Waals surface area contributed by atoms with Gasteiger partial charge in [0.05, 0.1) is 5.02 Å². The third kappa shape index (κ3) is 4.80. The molecule has 2 N–H and O–H groups in total. The van der Waals surface area contributed by atoms with Gasteiger partial charge in [0.2, 0.25) is 0 Å². The molecule has 2 heterocycles. The Morgan fingerprint density at radius 3 is 2.57 bits per heavy atom. The zero-order chi connectivity index (χ0) is 24.5. The molecule has 0 saturated heterocycles. The van der Waals surface area contributed by atoms with Gasteiger partial charge in [-0.25, -0.2) is 9.37 Å². The van der Waals surface area contributed by atoms with E-state index in [4.69, 9.17) is 23.2 Å². The molecule has 1 fully saturated rings. The molecule has 1 aliphatic rings. The number of rotatable bonds is 5. The number of nitrogens with zero attached hydrogens (tertiary/aromatic N) is 1. The van der Waals surface area contributed by atoms with Crippen LogP contribution in [0.1, 0.15) is 66.4 Å². The number of carbonyl (C=O) groups excluding carboxylic acids is 1. The summed E-state index contributed by atoms with van der Waals surface area (Å²) in [5.74, 6) is -0.769. The quantitative estimate of drug-likeness (QED) is 0.268. The van der Waals surface area contributed by atoms with E-state index in [0.29, 0.717) is 16.1 Å². The van der Waals surface area contributed by atoms with Crippen LogP contribution in [0.3, 0.4) is 0 Å². The van der Waals surface area contributed by atoms with Gasteiger partial charge in [-0.15, -0.1) is 0 Å². The SMILES string of the molecule is CC(c1c(Cl)ccc(F)c1Cl)c1c[nH]c2ncc(-c3ccc(C(=O)NC4CCCCC4)cc3)cc12. The smallest absolute Gasteiger partial charge is 0.251 e. The number of hydrogen-bond acceptors (Lipinski definition) is 2. The number of hydrogen-bond donors (Lipinski definition) is 2. The van der Waals surface area contributed by atoms with Crippen LogP contribution in [0.2, 0.25) is 10.0 Å². The van der Waals surface area contributed by atoms with Gasteiger partial charge in [-0.05, 0) is 59.9 Å². The highest BCUT2D eigenvalue weighted by Gasteiger charge is 2.22. The van der Waals surface area contributed by atoms with E-state index in [1.807, 2.05) is 43.5 Å². The molecular formula is C28H26Cl2FN3O. The summed E-state index contributed by atoms with van der Waals surface area (Å²) in [4.78, 5) is 20.4. The van der Waals surface area contributed by atoms with Crippen molar-refractivity contribution in [1.29, 1.82) is 0 Å². The molecule has 1 unspecified atom stereocenters. The molecule has 2 aromatic carbocycles. The maximum Gasteiger partial charge on any atom is 0.251 e. The monoisotopic (exact) mass is 509 g/mol. The Hall–Kier alpha value is -2.89. The van der Waals surface area contributed by atoms with Crippen molar-refractivity contribution in [2.24, 2.45) is 0 Å². The van der Waals surface area contributed by atoms with Crippen molar-refractivity contribution in [3.05, 3.63) is 87.4 Å². The van der Waals surface area contributed by atoms with E-state index in [-0.39, 0.29) is 22.9 Å². The summed E-state index contributed by atoms with van der Waals surface area (Å²) in [5, 5.41) is 4.52. The van der Waals surface area contributed by atoms with Gasteiger partial charge in [-0.3, -0.25) is 4.79 Å². The van der Waals surface area contributed by atoms with Crippen LogP contribution in [0, 0.1) is 5.82 Å². The topological polar surface area (TPSA) is 57.8 Å². The van der Waals surface area contributed by atoms with Crippen molar-refractivity contribution < 1.29 is 9.18 Å². The Bertz CT molecular complexity index is 1380. The van der Waals surface area contributed by atoms with Gasteiger partial charge in [0.25, 0.3) is 5.91 Å².